The molecule has 34 heavy (non-hydrogen) atoms. The van der Waals surface area contributed by atoms with Gasteiger partial charge in [-0.05, 0) is 62.4 Å². The molecule has 1 N–H and O–H groups in total. The monoisotopic (exact) mass is 497 g/mol. The van der Waals surface area contributed by atoms with Crippen LogP contribution >= 0.6 is 11.3 Å². The van der Waals surface area contributed by atoms with E-state index in [1.807, 2.05) is 25.1 Å². The summed E-state index contributed by atoms with van der Waals surface area (Å²) in [5, 5.41) is 4.45. The van der Waals surface area contributed by atoms with Gasteiger partial charge in [-0.2, -0.15) is 0 Å². The Hall–Kier alpha value is -2.84. The van der Waals surface area contributed by atoms with Crippen molar-refractivity contribution in [2.75, 3.05) is 11.9 Å². The van der Waals surface area contributed by atoms with E-state index >= 15 is 0 Å². The van der Waals surface area contributed by atoms with Crippen LogP contribution < -0.4 is 14.8 Å². The molecule has 2 aromatic carbocycles. The van der Waals surface area contributed by atoms with Gasteiger partial charge in [0, 0.05) is 22.6 Å². The summed E-state index contributed by atoms with van der Waals surface area (Å²) in [6, 6.07) is 14.1. The van der Waals surface area contributed by atoms with Gasteiger partial charge < -0.3 is 14.8 Å². The summed E-state index contributed by atoms with van der Waals surface area (Å²) in [4.78, 5) is 13.9. The van der Waals surface area contributed by atoms with Crippen molar-refractivity contribution in [3.63, 3.8) is 0 Å². The number of anilines is 1. The Kier molecular flexibility index (Phi) is 6.36. The van der Waals surface area contributed by atoms with Crippen molar-refractivity contribution in [3.8, 4) is 11.5 Å². The minimum absolute atomic E-state index is 0.142. The number of carbonyl (C=O) groups excluding carboxylic acids is 1. The van der Waals surface area contributed by atoms with Crippen LogP contribution in [0.4, 0.5) is 5.69 Å². The highest BCUT2D eigenvalue weighted by atomic mass is 32.2. The number of nitrogens with one attached hydrogen (secondary N) is 1. The average Bonchev–Trinajstić information content (AvgIpc) is 3.50. The Morgan fingerprint density at radius 1 is 1.06 bits per heavy atom. The molecule has 1 saturated carbocycles. The molecule has 0 saturated heterocycles. The van der Waals surface area contributed by atoms with Gasteiger partial charge in [0.1, 0.15) is 4.90 Å². The minimum atomic E-state index is -3.75. The largest absolute Gasteiger partial charge is 0.490 e. The van der Waals surface area contributed by atoms with Crippen molar-refractivity contribution in [2.45, 2.75) is 60.8 Å². The molecule has 3 aromatic rings. The lowest BCUT2D eigenvalue weighted by atomic mass is 9.90. The smallest absolute Gasteiger partial charge is 0.225 e. The predicted octanol–water partition coefficient (Wildman–Crippen LogP) is 5.78. The second-order valence-electron chi connectivity index (χ2n) is 8.62. The highest BCUT2D eigenvalue weighted by Gasteiger charge is 2.35. The zero-order valence-electron chi connectivity index (χ0n) is 19.0. The third-order valence-electron chi connectivity index (χ3n) is 6.36. The van der Waals surface area contributed by atoms with Crippen LogP contribution in [0.25, 0.3) is 0 Å². The fraction of sp³-hybridized carbons (Fsp3) is 0.346. The summed E-state index contributed by atoms with van der Waals surface area (Å²) >= 11 is 1.36. The maximum absolute atomic E-state index is 13.3. The summed E-state index contributed by atoms with van der Waals surface area (Å²) in [5.74, 6) is 0.919. The number of sulfone groups is 1. The van der Waals surface area contributed by atoms with E-state index in [0.29, 0.717) is 18.0 Å². The first-order valence-corrected chi connectivity index (χ1v) is 14.0. The Labute approximate surface area is 203 Å². The number of carbonyl (C=O) groups is 1. The highest BCUT2D eigenvalue weighted by Crippen LogP contribution is 2.47. The van der Waals surface area contributed by atoms with E-state index < -0.39 is 9.84 Å². The molecule has 1 aromatic heterocycles. The van der Waals surface area contributed by atoms with E-state index in [1.165, 1.54) is 24.2 Å². The van der Waals surface area contributed by atoms with Crippen molar-refractivity contribution in [1.29, 1.82) is 0 Å². The average molecular weight is 498 g/mol. The van der Waals surface area contributed by atoms with Crippen LogP contribution in [0.1, 0.15) is 55.4 Å². The predicted molar refractivity (Wildman–Crippen MR) is 132 cm³/mol. The van der Waals surface area contributed by atoms with E-state index in [1.54, 1.807) is 35.7 Å². The molecule has 5 rings (SSSR count). The maximum Gasteiger partial charge on any atom is 0.225 e. The van der Waals surface area contributed by atoms with Crippen LogP contribution in [0.5, 0.6) is 11.5 Å². The molecule has 178 valence electrons. The number of thiophene rings is 1. The van der Waals surface area contributed by atoms with Crippen molar-refractivity contribution < 1.29 is 22.7 Å². The van der Waals surface area contributed by atoms with Gasteiger partial charge in [0.15, 0.2) is 11.5 Å². The van der Waals surface area contributed by atoms with Crippen LogP contribution in [-0.4, -0.2) is 27.0 Å². The van der Waals surface area contributed by atoms with Crippen LogP contribution in [0.15, 0.2) is 63.7 Å². The first kappa shape index (κ1) is 22.9. The van der Waals surface area contributed by atoms with Crippen molar-refractivity contribution in [1.82, 2.24) is 0 Å². The van der Waals surface area contributed by atoms with Gasteiger partial charge in [0.2, 0.25) is 15.7 Å². The molecule has 0 spiro atoms. The Morgan fingerprint density at radius 2 is 1.82 bits per heavy atom. The number of fused-ring (bicyclic) bond motifs is 1. The number of benzene rings is 2. The van der Waals surface area contributed by atoms with Gasteiger partial charge in [-0.15, -0.1) is 11.3 Å². The molecule has 2 heterocycles. The molecule has 1 aliphatic carbocycles. The molecule has 6 nitrogen and oxygen atoms in total. The van der Waals surface area contributed by atoms with Crippen molar-refractivity contribution >= 4 is 32.8 Å². The third kappa shape index (κ3) is 4.32. The zero-order chi connectivity index (χ0) is 23.7. The summed E-state index contributed by atoms with van der Waals surface area (Å²) in [6.45, 7) is 2.43. The summed E-state index contributed by atoms with van der Waals surface area (Å²) in [6.07, 6.45) is 4.91. The molecule has 0 bridgehead atoms. The number of rotatable bonds is 7. The first-order chi connectivity index (χ1) is 16.5. The molecule has 1 fully saturated rings. The lowest BCUT2D eigenvalue weighted by molar-refractivity contribution is -0.116. The second kappa shape index (κ2) is 9.43. The third-order valence-corrected chi connectivity index (χ3v) is 9.40. The van der Waals surface area contributed by atoms with Crippen molar-refractivity contribution in [2.24, 2.45) is 0 Å². The highest BCUT2D eigenvalue weighted by molar-refractivity contribution is 7.91. The molecule has 1 amide bonds. The number of amides is 1. The topological polar surface area (TPSA) is 81.7 Å². The molecular formula is C26H27NO5S2. The van der Waals surface area contributed by atoms with E-state index in [-0.39, 0.29) is 34.1 Å². The summed E-state index contributed by atoms with van der Waals surface area (Å²) in [7, 11) is -3.75. The molecule has 1 atom stereocenters. The van der Waals surface area contributed by atoms with E-state index in [2.05, 4.69) is 5.32 Å². The normalized spacial score (nSPS) is 18.4. The molecule has 2 aliphatic rings. The molecule has 1 aliphatic heterocycles. The van der Waals surface area contributed by atoms with Crippen LogP contribution in [0, 0.1) is 0 Å². The van der Waals surface area contributed by atoms with E-state index in [9.17, 15) is 13.2 Å². The van der Waals surface area contributed by atoms with Gasteiger partial charge in [-0.25, -0.2) is 8.42 Å². The number of hydrogen-bond acceptors (Lipinski definition) is 6. The molecule has 0 radical (unpaired) electrons. The van der Waals surface area contributed by atoms with Crippen LogP contribution in [0.2, 0.25) is 0 Å². The Morgan fingerprint density at radius 3 is 2.56 bits per heavy atom. The second-order valence-corrected chi connectivity index (χ2v) is 11.5. The van der Waals surface area contributed by atoms with Crippen LogP contribution in [0.3, 0.4) is 0 Å². The number of hydrogen-bond donors (Lipinski definition) is 1. The zero-order valence-corrected chi connectivity index (χ0v) is 20.6. The van der Waals surface area contributed by atoms with Gasteiger partial charge in [-0.1, -0.05) is 24.3 Å². The van der Waals surface area contributed by atoms with Gasteiger partial charge in [0.25, 0.3) is 0 Å². The first-order valence-electron chi connectivity index (χ1n) is 11.6. The fourth-order valence-corrected chi connectivity index (χ4v) is 7.62. The molecule has 8 heteroatoms. The minimum Gasteiger partial charge on any atom is -0.490 e. The standard InChI is InChI=1S/C26H27NO5S2/c1-2-31-22-14-17(12-13-21(22)32-18-8-6-7-9-18)20-15-24(28)27-25-23(16-33-26(20)25)34(29,30)19-10-4-3-5-11-19/h3-5,10-14,16,18,20H,2,6-9,15H2,1H3,(H,27,28). The van der Waals surface area contributed by atoms with Gasteiger partial charge >= 0.3 is 0 Å². The number of ether oxygens (including phenoxy) is 2. The lowest BCUT2D eigenvalue weighted by Crippen LogP contribution is -2.23. The maximum atomic E-state index is 13.3. The van der Waals surface area contributed by atoms with Gasteiger partial charge in [0.05, 0.1) is 23.3 Å². The summed E-state index contributed by atoms with van der Waals surface area (Å²) < 4.78 is 38.7. The van der Waals surface area contributed by atoms with Crippen LogP contribution in [-0.2, 0) is 14.6 Å². The van der Waals surface area contributed by atoms with E-state index in [0.717, 1.165) is 29.0 Å². The Balaban J connectivity index is 1.51. The molecular weight excluding hydrogens is 470 g/mol. The summed E-state index contributed by atoms with van der Waals surface area (Å²) in [5.41, 5.74) is 1.29. The Bertz CT molecular complexity index is 1290. The fourth-order valence-electron chi connectivity index (χ4n) is 4.69. The molecule has 1 unspecified atom stereocenters. The van der Waals surface area contributed by atoms with E-state index in [4.69, 9.17) is 9.47 Å². The lowest BCUT2D eigenvalue weighted by Gasteiger charge is -2.25. The van der Waals surface area contributed by atoms with Crippen molar-refractivity contribution in [3.05, 3.63) is 64.4 Å². The van der Waals surface area contributed by atoms with Gasteiger partial charge in [-0.3, -0.25) is 4.79 Å². The quantitative estimate of drug-likeness (QED) is 0.448. The SMILES string of the molecule is CCOc1cc(C2CC(=O)Nc3c(S(=O)(=O)c4ccccc4)csc32)ccc1OC1CCCC1.